The molecule has 0 spiro atoms. The Morgan fingerprint density at radius 2 is 1.79 bits per heavy atom. The van der Waals surface area contributed by atoms with E-state index in [2.05, 4.69) is 4.98 Å². The number of hydrogen-bond donors (Lipinski definition) is 0. The van der Waals surface area contributed by atoms with Crippen molar-refractivity contribution in [1.29, 1.82) is 5.26 Å². The molecule has 2 aromatic heterocycles. The molecule has 0 radical (unpaired) electrons. The maximum absolute atomic E-state index is 13.4. The zero-order valence-corrected chi connectivity index (χ0v) is 19.4. The number of fused-ring (bicyclic) bond motifs is 1. The van der Waals surface area contributed by atoms with Crippen LogP contribution in [0.2, 0.25) is 0 Å². The van der Waals surface area contributed by atoms with Crippen molar-refractivity contribution in [3.8, 4) is 17.7 Å². The molecule has 170 valence electrons. The summed E-state index contributed by atoms with van der Waals surface area (Å²) in [7, 11) is -4.16. The van der Waals surface area contributed by atoms with Gasteiger partial charge in [0.15, 0.2) is 0 Å². The van der Waals surface area contributed by atoms with Crippen molar-refractivity contribution in [3.63, 3.8) is 0 Å². The van der Waals surface area contributed by atoms with E-state index in [1.54, 1.807) is 55.5 Å². The van der Waals surface area contributed by atoms with Gasteiger partial charge >= 0.3 is 0 Å². The molecule has 0 amide bonds. The van der Waals surface area contributed by atoms with Crippen LogP contribution in [-0.4, -0.2) is 17.8 Å². The molecule has 4 aromatic rings. The van der Waals surface area contributed by atoms with Gasteiger partial charge in [-0.2, -0.15) is 10.2 Å². The average molecular weight is 472 g/mol. The number of hydrogen-bond acceptors (Lipinski definition) is 6. The molecule has 2 heterocycles. The van der Waals surface area contributed by atoms with E-state index in [1.807, 2.05) is 19.1 Å². The number of allylic oxidation sites excluding steroid dienone is 1. The first kappa shape index (κ1) is 23.0. The van der Waals surface area contributed by atoms with Crippen LogP contribution in [0.3, 0.4) is 0 Å². The van der Waals surface area contributed by atoms with Gasteiger partial charge in [-0.05, 0) is 60.9 Å². The van der Waals surface area contributed by atoms with Gasteiger partial charge in [0.05, 0.1) is 4.90 Å². The Morgan fingerprint density at radius 3 is 2.44 bits per heavy atom. The summed E-state index contributed by atoms with van der Waals surface area (Å²) in [5.41, 5.74) is 1.52. The zero-order valence-electron chi connectivity index (χ0n) is 18.6. The molecule has 0 N–H and O–H groups in total. The lowest BCUT2D eigenvalue weighted by atomic mass is 10.2. The molecule has 0 bridgehead atoms. The Morgan fingerprint density at radius 1 is 1.09 bits per heavy atom. The fourth-order valence-electron chi connectivity index (χ4n) is 3.43. The number of rotatable bonds is 6. The minimum atomic E-state index is -4.16. The monoisotopic (exact) mass is 471 g/mol. The smallest absolute Gasteiger partial charge is 0.269 e. The van der Waals surface area contributed by atoms with E-state index < -0.39 is 20.3 Å². The van der Waals surface area contributed by atoms with Crippen molar-refractivity contribution in [2.75, 3.05) is 0 Å². The minimum absolute atomic E-state index is 0.0508. The molecule has 0 fully saturated rings. The van der Waals surface area contributed by atoms with Gasteiger partial charge in [0, 0.05) is 6.20 Å². The summed E-state index contributed by atoms with van der Waals surface area (Å²) in [5, 5.41) is 9.70. The Labute approximate surface area is 197 Å². The number of nitrogens with zero attached hydrogens (tertiary/aromatic N) is 3. The number of ether oxygens (including phenoxy) is 1. The predicted molar refractivity (Wildman–Crippen MR) is 129 cm³/mol. The molecule has 34 heavy (non-hydrogen) atoms. The van der Waals surface area contributed by atoms with Crippen molar-refractivity contribution < 1.29 is 13.2 Å². The molecule has 0 aliphatic rings. The summed E-state index contributed by atoms with van der Waals surface area (Å²) in [6.45, 7) is 3.83. The van der Waals surface area contributed by atoms with Crippen molar-refractivity contribution in [3.05, 3.63) is 105 Å². The summed E-state index contributed by atoms with van der Waals surface area (Å²) >= 11 is 0. The van der Waals surface area contributed by atoms with Gasteiger partial charge < -0.3 is 4.74 Å². The first-order chi connectivity index (χ1) is 16.3. The van der Waals surface area contributed by atoms with Crippen molar-refractivity contribution in [1.82, 2.24) is 9.38 Å². The van der Waals surface area contributed by atoms with Crippen molar-refractivity contribution in [2.45, 2.75) is 25.2 Å². The van der Waals surface area contributed by atoms with E-state index in [-0.39, 0.29) is 16.3 Å². The lowest BCUT2D eigenvalue weighted by Crippen LogP contribution is -2.20. The van der Waals surface area contributed by atoms with Crippen LogP contribution in [0.5, 0.6) is 11.6 Å². The molecule has 8 heteroatoms. The number of sulfone groups is 1. The molecule has 4 rings (SSSR count). The SMILES string of the molecule is CCc1ccc(Oc2nc3c(C)cccn3c(=O)c2C=C(C#N)S(=O)(=O)c2ccccc2)cc1. The minimum Gasteiger partial charge on any atom is -0.438 e. The van der Waals surface area contributed by atoms with E-state index in [9.17, 15) is 18.5 Å². The number of benzene rings is 2. The molecular weight excluding hydrogens is 450 g/mol. The molecule has 0 atom stereocenters. The lowest BCUT2D eigenvalue weighted by Gasteiger charge is -2.12. The number of pyridine rings is 1. The van der Waals surface area contributed by atoms with Crippen LogP contribution in [0.15, 0.2) is 87.5 Å². The van der Waals surface area contributed by atoms with Gasteiger partial charge in [-0.15, -0.1) is 0 Å². The maximum atomic E-state index is 13.4. The van der Waals surface area contributed by atoms with E-state index in [0.717, 1.165) is 23.6 Å². The molecular formula is C26H21N3O4S. The molecule has 2 aromatic carbocycles. The Hall–Kier alpha value is -4.22. The summed E-state index contributed by atoms with van der Waals surface area (Å²) in [4.78, 5) is 17.3. The van der Waals surface area contributed by atoms with Crippen LogP contribution < -0.4 is 10.3 Å². The van der Waals surface area contributed by atoms with Crippen LogP contribution in [0.25, 0.3) is 11.7 Å². The standard InChI is InChI=1S/C26H21N3O4S/c1-3-19-11-13-20(14-12-19)33-25-23(26(30)29-15-7-8-18(2)24(29)28-25)16-22(17-27)34(31,32)21-9-5-4-6-10-21/h4-16H,3H2,1-2H3. The quantitative estimate of drug-likeness (QED) is 0.378. The average Bonchev–Trinajstić information content (AvgIpc) is 2.85. The first-order valence-corrected chi connectivity index (χ1v) is 12.0. The molecule has 0 saturated carbocycles. The molecule has 0 saturated heterocycles. The van der Waals surface area contributed by atoms with E-state index in [4.69, 9.17) is 4.74 Å². The molecule has 0 aliphatic heterocycles. The van der Waals surface area contributed by atoms with E-state index in [1.165, 1.54) is 22.7 Å². The highest BCUT2D eigenvalue weighted by atomic mass is 32.2. The van der Waals surface area contributed by atoms with Gasteiger partial charge in [0.25, 0.3) is 5.56 Å². The Kier molecular flexibility index (Phi) is 6.30. The highest BCUT2D eigenvalue weighted by Crippen LogP contribution is 2.27. The predicted octanol–water partition coefficient (Wildman–Crippen LogP) is 4.70. The third kappa shape index (κ3) is 4.34. The van der Waals surface area contributed by atoms with E-state index in [0.29, 0.717) is 11.4 Å². The molecule has 0 aliphatic carbocycles. The number of aromatic nitrogens is 2. The number of aryl methyl sites for hydroxylation is 2. The van der Waals surface area contributed by atoms with Crippen LogP contribution in [0.1, 0.15) is 23.6 Å². The number of nitriles is 1. The fraction of sp³-hybridized carbons (Fsp3) is 0.115. The zero-order chi connectivity index (χ0) is 24.3. The first-order valence-electron chi connectivity index (χ1n) is 10.6. The summed E-state index contributed by atoms with van der Waals surface area (Å²) in [6, 6.07) is 20.1. The van der Waals surface area contributed by atoms with Crippen molar-refractivity contribution >= 4 is 21.6 Å². The van der Waals surface area contributed by atoms with Gasteiger partial charge in [-0.25, -0.2) is 8.42 Å². The maximum Gasteiger partial charge on any atom is 0.269 e. The summed E-state index contributed by atoms with van der Waals surface area (Å²) in [5.74, 6) is 0.348. The second-order valence-corrected chi connectivity index (χ2v) is 9.48. The van der Waals surface area contributed by atoms with Crippen molar-refractivity contribution in [2.24, 2.45) is 0 Å². The third-order valence-electron chi connectivity index (χ3n) is 5.32. The Balaban J connectivity index is 1.94. The van der Waals surface area contributed by atoms with Crippen LogP contribution in [-0.2, 0) is 16.3 Å². The summed E-state index contributed by atoms with van der Waals surface area (Å²) in [6.07, 6.45) is 3.42. The highest BCUT2D eigenvalue weighted by Gasteiger charge is 2.23. The largest absolute Gasteiger partial charge is 0.438 e. The Bertz CT molecular complexity index is 1600. The second-order valence-electron chi connectivity index (χ2n) is 7.56. The van der Waals surface area contributed by atoms with Gasteiger partial charge in [-0.3, -0.25) is 9.20 Å². The second kappa shape index (κ2) is 9.33. The topological polar surface area (TPSA) is 102 Å². The molecule has 7 nitrogen and oxygen atoms in total. The molecule has 0 unspecified atom stereocenters. The summed E-state index contributed by atoms with van der Waals surface area (Å²) < 4.78 is 33.4. The van der Waals surface area contributed by atoms with Gasteiger partial charge in [0.1, 0.15) is 27.9 Å². The third-order valence-corrected chi connectivity index (χ3v) is 7.01. The fourth-order valence-corrected chi connectivity index (χ4v) is 4.59. The highest BCUT2D eigenvalue weighted by molar-refractivity contribution is 7.95. The van der Waals surface area contributed by atoms with Gasteiger partial charge in [-0.1, -0.05) is 43.3 Å². The van der Waals surface area contributed by atoms with Crippen LogP contribution in [0.4, 0.5) is 0 Å². The van der Waals surface area contributed by atoms with E-state index >= 15 is 0 Å². The normalized spacial score (nSPS) is 11.9. The van der Waals surface area contributed by atoms with Crippen LogP contribution >= 0.6 is 0 Å². The van der Waals surface area contributed by atoms with Gasteiger partial charge in [0.2, 0.25) is 15.7 Å². The van der Waals surface area contributed by atoms with Crippen LogP contribution in [0, 0.1) is 18.3 Å². The lowest BCUT2D eigenvalue weighted by molar-refractivity contribution is 0.460.